The maximum Gasteiger partial charge on any atom is 0.234 e. The first-order valence-corrected chi connectivity index (χ1v) is 3.78. The Bertz CT molecular complexity index is 241. The molecule has 0 aliphatic carbocycles. The lowest BCUT2D eigenvalue weighted by atomic mass is 10.5. The first-order chi connectivity index (χ1) is 5.86. The van der Waals surface area contributed by atoms with Crippen molar-refractivity contribution in [1.29, 1.82) is 0 Å². The van der Waals surface area contributed by atoms with Gasteiger partial charge in [0.2, 0.25) is 5.88 Å². The summed E-state index contributed by atoms with van der Waals surface area (Å²) >= 11 is 0. The predicted octanol–water partition coefficient (Wildman–Crippen LogP) is 0.551. The van der Waals surface area contributed by atoms with E-state index in [0.29, 0.717) is 18.3 Å². The minimum atomic E-state index is 0.493. The number of hydrogen-bond acceptors (Lipinski definition) is 5. The lowest BCUT2D eigenvalue weighted by Gasteiger charge is -2.03. The minimum absolute atomic E-state index is 0.493. The number of rotatable bonds is 4. The molecule has 1 rings (SSSR count). The molecule has 0 saturated heterocycles. The van der Waals surface area contributed by atoms with Crippen molar-refractivity contribution in [3.05, 3.63) is 12.4 Å². The minimum Gasteiger partial charge on any atom is -0.477 e. The van der Waals surface area contributed by atoms with Crippen molar-refractivity contribution in [2.75, 3.05) is 12.0 Å². The Hall–Kier alpha value is -1.36. The summed E-state index contributed by atoms with van der Waals surface area (Å²) in [5, 5.41) is 0. The summed E-state index contributed by atoms with van der Waals surface area (Å²) in [7, 11) is 0. The smallest absolute Gasteiger partial charge is 0.234 e. The Balaban J connectivity index is 2.60. The van der Waals surface area contributed by atoms with Crippen molar-refractivity contribution >= 4 is 5.82 Å². The molecule has 5 nitrogen and oxygen atoms in total. The van der Waals surface area contributed by atoms with Crippen molar-refractivity contribution in [2.45, 2.75) is 13.3 Å². The monoisotopic (exact) mass is 168 g/mol. The molecule has 0 amide bonds. The lowest BCUT2D eigenvalue weighted by molar-refractivity contribution is 0.304. The highest BCUT2D eigenvalue weighted by Crippen LogP contribution is 2.07. The van der Waals surface area contributed by atoms with Gasteiger partial charge in [-0.15, -0.1) is 0 Å². The van der Waals surface area contributed by atoms with E-state index in [4.69, 9.17) is 10.6 Å². The normalized spacial score (nSPS) is 9.50. The van der Waals surface area contributed by atoms with Crippen LogP contribution in [0, 0.1) is 0 Å². The summed E-state index contributed by atoms with van der Waals surface area (Å²) in [5.41, 5.74) is 2.39. The molecule has 0 saturated carbocycles. The Morgan fingerprint density at radius 2 is 2.42 bits per heavy atom. The molecule has 66 valence electrons. The van der Waals surface area contributed by atoms with Gasteiger partial charge in [0.1, 0.15) is 0 Å². The van der Waals surface area contributed by atoms with E-state index in [1.807, 2.05) is 6.92 Å². The van der Waals surface area contributed by atoms with Crippen LogP contribution in [-0.4, -0.2) is 16.6 Å². The van der Waals surface area contributed by atoms with E-state index >= 15 is 0 Å². The first kappa shape index (κ1) is 8.73. The van der Waals surface area contributed by atoms with Gasteiger partial charge in [0.05, 0.1) is 19.0 Å². The van der Waals surface area contributed by atoms with Gasteiger partial charge >= 0.3 is 0 Å². The number of hydrazine groups is 1. The van der Waals surface area contributed by atoms with Crippen LogP contribution in [0.3, 0.4) is 0 Å². The average molecular weight is 168 g/mol. The Morgan fingerprint density at radius 3 is 3.08 bits per heavy atom. The third-order valence-corrected chi connectivity index (χ3v) is 1.21. The molecule has 1 aromatic rings. The molecule has 1 aromatic heterocycles. The van der Waals surface area contributed by atoms with Crippen molar-refractivity contribution < 1.29 is 4.74 Å². The number of nitrogens with zero attached hydrogens (tertiary/aromatic N) is 2. The second-order valence-electron chi connectivity index (χ2n) is 2.24. The highest BCUT2D eigenvalue weighted by Gasteiger charge is 1.96. The van der Waals surface area contributed by atoms with Crippen molar-refractivity contribution in [1.82, 2.24) is 9.97 Å². The second kappa shape index (κ2) is 4.50. The first-order valence-electron chi connectivity index (χ1n) is 3.78. The van der Waals surface area contributed by atoms with Crippen LogP contribution in [-0.2, 0) is 0 Å². The van der Waals surface area contributed by atoms with E-state index in [-0.39, 0.29) is 0 Å². The zero-order valence-corrected chi connectivity index (χ0v) is 6.95. The summed E-state index contributed by atoms with van der Waals surface area (Å²) in [6.45, 7) is 2.67. The third kappa shape index (κ3) is 2.35. The van der Waals surface area contributed by atoms with E-state index in [2.05, 4.69) is 15.4 Å². The van der Waals surface area contributed by atoms with Gasteiger partial charge < -0.3 is 10.2 Å². The van der Waals surface area contributed by atoms with Crippen LogP contribution in [0.25, 0.3) is 0 Å². The van der Waals surface area contributed by atoms with Gasteiger partial charge in [0.15, 0.2) is 5.82 Å². The topological polar surface area (TPSA) is 73.1 Å². The Kier molecular flexibility index (Phi) is 3.28. The molecule has 1 heterocycles. The number of ether oxygens (including phenoxy) is 1. The van der Waals surface area contributed by atoms with E-state index in [1.165, 1.54) is 6.20 Å². The molecule has 0 atom stereocenters. The van der Waals surface area contributed by atoms with Crippen molar-refractivity contribution in [2.24, 2.45) is 5.84 Å². The molecule has 0 bridgehead atoms. The van der Waals surface area contributed by atoms with E-state index in [0.717, 1.165) is 6.42 Å². The van der Waals surface area contributed by atoms with E-state index in [9.17, 15) is 0 Å². The fourth-order valence-electron chi connectivity index (χ4n) is 0.694. The molecule has 0 radical (unpaired) electrons. The number of anilines is 1. The van der Waals surface area contributed by atoms with Gasteiger partial charge in [-0.05, 0) is 6.42 Å². The second-order valence-corrected chi connectivity index (χ2v) is 2.24. The quantitative estimate of drug-likeness (QED) is 0.507. The van der Waals surface area contributed by atoms with Crippen LogP contribution < -0.4 is 16.0 Å². The zero-order valence-electron chi connectivity index (χ0n) is 6.95. The summed E-state index contributed by atoms with van der Waals surface area (Å²) in [5.74, 6) is 6.14. The average Bonchev–Trinajstić information content (AvgIpc) is 2.15. The van der Waals surface area contributed by atoms with Gasteiger partial charge in [-0.2, -0.15) is 4.98 Å². The molecule has 0 aromatic carbocycles. The van der Waals surface area contributed by atoms with Gasteiger partial charge in [-0.3, -0.25) is 4.98 Å². The number of aromatic nitrogens is 2. The zero-order chi connectivity index (χ0) is 8.81. The van der Waals surface area contributed by atoms with Gasteiger partial charge in [-0.25, -0.2) is 5.84 Å². The number of nitrogen functional groups attached to an aromatic ring is 1. The largest absolute Gasteiger partial charge is 0.477 e. The van der Waals surface area contributed by atoms with Crippen LogP contribution in [0.2, 0.25) is 0 Å². The molecule has 0 unspecified atom stereocenters. The molecular weight excluding hydrogens is 156 g/mol. The maximum absolute atomic E-state index is 5.23. The van der Waals surface area contributed by atoms with Crippen molar-refractivity contribution in [3.8, 4) is 5.88 Å². The number of nitrogens with two attached hydrogens (primary N) is 1. The number of nitrogens with one attached hydrogen (secondary N) is 1. The maximum atomic E-state index is 5.23. The Labute approximate surface area is 70.9 Å². The predicted molar refractivity (Wildman–Crippen MR) is 45.6 cm³/mol. The molecule has 12 heavy (non-hydrogen) atoms. The van der Waals surface area contributed by atoms with Crippen LogP contribution in [0.5, 0.6) is 5.88 Å². The van der Waals surface area contributed by atoms with E-state index in [1.54, 1.807) is 6.20 Å². The standard InChI is InChI=1S/C7H12N4O/c1-2-3-12-7-5-9-4-6(10-7)11-8/h4-5H,2-3,8H2,1H3,(H,10,11). The van der Waals surface area contributed by atoms with Gasteiger partial charge in [0.25, 0.3) is 0 Å². The Morgan fingerprint density at radius 1 is 1.58 bits per heavy atom. The summed E-state index contributed by atoms with van der Waals surface area (Å²) in [6, 6.07) is 0. The molecule has 3 N–H and O–H groups in total. The summed E-state index contributed by atoms with van der Waals surface area (Å²) in [4.78, 5) is 7.89. The van der Waals surface area contributed by atoms with Crippen LogP contribution in [0.1, 0.15) is 13.3 Å². The number of hydrogen-bond donors (Lipinski definition) is 2. The van der Waals surface area contributed by atoms with E-state index < -0.39 is 0 Å². The van der Waals surface area contributed by atoms with Crippen LogP contribution in [0.4, 0.5) is 5.82 Å². The van der Waals surface area contributed by atoms with Gasteiger partial charge in [0, 0.05) is 0 Å². The fraction of sp³-hybridized carbons (Fsp3) is 0.429. The summed E-state index contributed by atoms with van der Waals surface area (Å²) in [6.07, 6.45) is 4.03. The molecular formula is C7H12N4O. The highest BCUT2D eigenvalue weighted by molar-refractivity contribution is 5.31. The molecule has 0 aliphatic rings. The SMILES string of the molecule is CCCOc1cncc(NN)n1. The highest BCUT2D eigenvalue weighted by atomic mass is 16.5. The molecule has 5 heteroatoms. The third-order valence-electron chi connectivity index (χ3n) is 1.21. The summed E-state index contributed by atoms with van der Waals surface area (Å²) < 4.78 is 5.23. The fourth-order valence-corrected chi connectivity index (χ4v) is 0.694. The van der Waals surface area contributed by atoms with Gasteiger partial charge in [-0.1, -0.05) is 6.92 Å². The molecule has 0 aliphatic heterocycles. The van der Waals surface area contributed by atoms with Crippen molar-refractivity contribution in [3.63, 3.8) is 0 Å². The van der Waals surface area contributed by atoms with Crippen LogP contribution in [0.15, 0.2) is 12.4 Å². The lowest BCUT2D eigenvalue weighted by Crippen LogP contribution is -2.09. The molecule has 0 spiro atoms. The van der Waals surface area contributed by atoms with Crippen LogP contribution >= 0.6 is 0 Å². The molecule has 0 fully saturated rings.